The molecule has 0 aromatic heterocycles. The third-order valence-corrected chi connectivity index (χ3v) is 6.59. The van der Waals surface area contributed by atoms with Crippen molar-refractivity contribution in [3.05, 3.63) is 0 Å². The average molecular weight is 365 g/mol. The van der Waals surface area contributed by atoms with E-state index in [0.717, 1.165) is 19.4 Å². The Morgan fingerprint density at radius 1 is 0.846 bits per heavy atom. The molecule has 0 saturated heterocycles. The summed E-state index contributed by atoms with van der Waals surface area (Å²) in [5, 5.41) is 0. The molecule has 0 aromatic rings. The average Bonchev–Trinajstić information content (AvgIpc) is 2.56. The molecule has 0 heterocycles. The van der Waals surface area contributed by atoms with Crippen molar-refractivity contribution >= 4 is 11.6 Å². The third-order valence-electron chi connectivity index (χ3n) is 6.59. The first-order chi connectivity index (χ1) is 12.5. The van der Waals surface area contributed by atoms with Gasteiger partial charge in [0.05, 0.1) is 5.60 Å². The van der Waals surface area contributed by atoms with Crippen LogP contribution in [0.3, 0.4) is 0 Å². The fourth-order valence-corrected chi connectivity index (χ4v) is 5.04. The van der Waals surface area contributed by atoms with Crippen LogP contribution in [0.4, 0.5) is 0 Å². The molecule has 2 fully saturated rings. The van der Waals surface area contributed by atoms with Gasteiger partial charge in [-0.25, -0.2) is 0 Å². The summed E-state index contributed by atoms with van der Waals surface area (Å²) in [5.41, 5.74) is -0.170. The summed E-state index contributed by atoms with van der Waals surface area (Å²) in [7, 11) is 0. The van der Waals surface area contributed by atoms with Crippen molar-refractivity contribution in [3.8, 4) is 0 Å². The number of carbonyl (C=O) groups excluding carboxylic acids is 2. The highest BCUT2D eigenvalue weighted by molar-refractivity contribution is 5.86. The van der Waals surface area contributed by atoms with Gasteiger partial charge >= 0.3 is 0 Å². The minimum absolute atomic E-state index is 0.170. The molecule has 0 bridgehead atoms. The highest BCUT2D eigenvalue weighted by atomic mass is 16.5. The van der Waals surface area contributed by atoms with Gasteiger partial charge in [-0.2, -0.15) is 0 Å². The third kappa shape index (κ3) is 5.90. The molecule has 0 N–H and O–H groups in total. The van der Waals surface area contributed by atoms with E-state index in [9.17, 15) is 9.59 Å². The Labute approximate surface area is 160 Å². The standard InChI is InChI=1S/C23H40O3/c1-4-6-7-8-9-10-11-12-23(3,26-13-5-2)22(18-14-20(24)15-18)19-16-21(25)17-19/h18-19,22H,4-17H2,1-3H3. The van der Waals surface area contributed by atoms with Gasteiger partial charge < -0.3 is 4.74 Å². The van der Waals surface area contributed by atoms with E-state index in [1.165, 1.54) is 44.9 Å². The fourth-order valence-electron chi connectivity index (χ4n) is 5.04. The second kappa shape index (κ2) is 10.6. The summed E-state index contributed by atoms with van der Waals surface area (Å²) in [6.45, 7) is 7.47. The maximum Gasteiger partial charge on any atom is 0.133 e. The lowest BCUT2D eigenvalue weighted by atomic mass is 9.57. The quantitative estimate of drug-likeness (QED) is 0.361. The number of rotatable bonds is 14. The molecule has 0 aliphatic heterocycles. The van der Waals surface area contributed by atoms with Gasteiger partial charge in [-0.1, -0.05) is 58.8 Å². The van der Waals surface area contributed by atoms with Gasteiger partial charge in [-0.15, -0.1) is 0 Å². The summed E-state index contributed by atoms with van der Waals surface area (Å²) in [5.74, 6) is 2.03. The summed E-state index contributed by atoms with van der Waals surface area (Å²) in [6, 6.07) is 0. The van der Waals surface area contributed by atoms with Crippen molar-refractivity contribution in [1.82, 2.24) is 0 Å². The number of hydrogen-bond donors (Lipinski definition) is 0. The van der Waals surface area contributed by atoms with Crippen LogP contribution in [0.1, 0.15) is 104 Å². The van der Waals surface area contributed by atoms with Crippen molar-refractivity contribution in [2.24, 2.45) is 17.8 Å². The number of unbranched alkanes of at least 4 members (excludes halogenated alkanes) is 6. The normalized spacial score (nSPS) is 20.9. The maximum absolute atomic E-state index is 11.6. The van der Waals surface area contributed by atoms with Crippen LogP contribution in [0.25, 0.3) is 0 Å². The Kier molecular flexibility index (Phi) is 8.79. The number of hydrogen-bond acceptors (Lipinski definition) is 3. The zero-order valence-corrected chi connectivity index (χ0v) is 17.4. The maximum atomic E-state index is 11.6. The Balaban J connectivity index is 1.92. The van der Waals surface area contributed by atoms with E-state index in [0.29, 0.717) is 55.0 Å². The summed E-state index contributed by atoms with van der Waals surface area (Å²) < 4.78 is 6.45. The Morgan fingerprint density at radius 3 is 1.81 bits per heavy atom. The van der Waals surface area contributed by atoms with Crippen LogP contribution >= 0.6 is 0 Å². The van der Waals surface area contributed by atoms with E-state index in [4.69, 9.17) is 4.74 Å². The molecule has 2 aliphatic carbocycles. The highest BCUT2D eigenvalue weighted by Crippen LogP contribution is 2.49. The molecule has 150 valence electrons. The largest absolute Gasteiger partial charge is 0.375 e. The van der Waals surface area contributed by atoms with E-state index >= 15 is 0 Å². The first-order valence-electron chi connectivity index (χ1n) is 11.2. The van der Waals surface area contributed by atoms with E-state index in [2.05, 4.69) is 20.8 Å². The molecule has 0 radical (unpaired) electrons. The van der Waals surface area contributed by atoms with E-state index in [1.54, 1.807) is 0 Å². The summed E-state index contributed by atoms with van der Waals surface area (Å²) >= 11 is 0. The van der Waals surface area contributed by atoms with Crippen LogP contribution in [0.5, 0.6) is 0 Å². The van der Waals surface area contributed by atoms with Crippen molar-refractivity contribution in [1.29, 1.82) is 0 Å². The zero-order valence-electron chi connectivity index (χ0n) is 17.4. The lowest BCUT2D eigenvalue weighted by molar-refractivity contribution is -0.156. The van der Waals surface area contributed by atoms with Crippen LogP contribution in [-0.2, 0) is 14.3 Å². The van der Waals surface area contributed by atoms with Gasteiger partial charge in [0.15, 0.2) is 0 Å². The molecule has 0 aromatic carbocycles. The Hall–Kier alpha value is -0.700. The van der Waals surface area contributed by atoms with Crippen molar-refractivity contribution < 1.29 is 14.3 Å². The lowest BCUT2D eigenvalue weighted by Gasteiger charge is -2.50. The van der Waals surface area contributed by atoms with Crippen LogP contribution in [-0.4, -0.2) is 23.8 Å². The second-order valence-corrected chi connectivity index (χ2v) is 8.97. The Bertz CT molecular complexity index is 418. The van der Waals surface area contributed by atoms with Gasteiger partial charge in [0.1, 0.15) is 11.6 Å². The Morgan fingerprint density at radius 2 is 1.35 bits per heavy atom. The first kappa shape index (κ1) is 21.6. The topological polar surface area (TPSA) is 43.4 Å². The molecule has 0 spiro atoms. The molecule has 1 unspecified atom stereocenters. The second-order valence-electron chi connectivity index (χ2n) is 8.97. The van der Waals surface area contributed by atoms with Crippen molar-refractivity contribution in [3.63, 3.8) is 0 Å². The summed E-state index contributed by atoms with van der Waals surface area (Å²) in [6.07, 6.45) is 14.1. The zero-order chi connectivity index (χ0) is 19.0. The van der Waals surface area contributed by atoms with Crippen molar-refractivity contribution in [2.45, 2.75) is 110 Å². The monoisotopic (exact) mass is 364 g/mol. The lowest BCUT2D eigenvalue weighted by Crippen LogP contribution is -2.52. The van der Waals surface area contributed by atoms with E-state index in [1.807, 2.05) is 0 Å². The SMILES string of the molecule is CCCCCCCCCC(C)(OCCC)C(C1CC(=O)C1)C1CC(=O)C1. The van der Waals surface area contributed by atoms with E-state index in [-0.39, 0.29) is 5.60 Å². The highest BCUT2D eigenvalue weighted by Gasteiger charge is 2.51. The van der Waals surface area contributed by atoms with Gasteiger partial charge in [0, 0.05) is 32.3 Å². The molecular weight excluding hydrogens is 324 g/mol. The van der Waals surface area contributed by atoms with Crippen LogP contribution in [0, 0.1) is 17.8 Å². The summed E-state index contributed by atoms with van der Waals surface area (Å²) in [4.78, 5) is 23.3. The van der Waals surface area contributed by atoms with Gasteiger partial charge in [-0.05, 0) is 37.5 Å². The first-order valence-corrected chi connectivity index (χ1v) is 11.2. The fraction of sp³-hybridized carbons (Fsp3) is 0.913. The minimum Gasteiger partial charge on any atom is -0.375 e. The smallest absolute Gasteiger partial charge is 0.133 e. The van der Waals surface area contributed by atoms with Crippen LogP contribution in [0.2, 0.25) is 0 Å². The number of Topliss-reactive ketones (excluding diaryl/α,β-unsaturated/α-hetero) is 2. The van der Waals surface area contributed by atoms with Crippen molar-refractivity contribution in [2.75, 3.05) is 6.61 Å². The molecular formula is C23H40O3. The van der Waals surface area contributed by atoms with Crippen LogP contribution in [0.15, 0.2) is 0 Å². The van der Waals surface area contributed by atoms with Gasteiger partial charge in [0.2, 0.25) is 0 Å². The molecule has 0 amide bonds. The predicted molar refractivity (Wildman–Crippen MR) is 106 cm³/mol. The number of ketones is 2. The predicted octanol–water partition coefficient (Wildman–Crippen LogP) is 5.89. The van der Waals surface area contributed by atoms with Gasteiger partial charge in [-0.3, -0.25) is 9.59 Å². The molecule has 2 rings (SSSR count). The van der Waals surface area contributed by atoms with E-state index < -0.39 is 0 Å². The van der Waals surface area contributed by atoms with Crippen LogP contribution < -0.4 is 0 Å². The molecule has 3 nitrogen and oxygen atoms in total. The number of ether oxygens (including phenoxy) is 1. The minimum atomic E-state index is -0.170. The molecule has 2 saturated carbocycles. The molecule has 3 heteroatoms. The molecule has 26 heavy (non-hydrogen) atoms. The molecule has 2 aliphatic rings. The molecule has 1 atom stereocenters. The number of carbonyl (C=O) groups is 2. The van der Waals surface area contributed by atoms with Gasteiger partial charge in [0.25, 0.3) is 0 Å².